The lowest BCUT2D eigenvalue weighted by molar-refractivity contribution is 0.102. The van der Waals surface area contributed by atoms with Crippen molar-refractivity contribution in [3.63, 3.8) is 0 Å². The number of carbonyl (C=O) groups excluding carboxylic acids is 1. The van der Waals surface area contributed by atoms with Gasteiger partial charge in [0.15, 0.2) is 0 Å². The number of hydrogen-bond donors (Lipinski definition) is 2. The Bertz CT molecular complexity index is 675. The summed E-state index contributed by atoms with van der Waals surface area (Å²) >= 11 is 0. The molecular formula is C15H14F2N2O2. The molecule has 0 bridgehead atoms. The molecule has 0 fully saturated rings. The van der Waals surface area contributed by atoms with Gasteiger partial charge in [0.2, 0.25) is 0 Å². The number of hydrogen-bond acceptors (Lipinski definition) is 3. The molecule has 110 valence electrons. The minimum absolute atomic E-state index is 0.142. The summed E-state index contributed by atoms with van der Waals surface area (Å²) in [4.78, 5) is 12.2. The van der Waals surface area contributed by atoms with Gasteiger partial charge in [-0.1, -0.05) is 0 Å². The van der Waals surface area contributed by atoms with Crippen molar-refractivity contribution in [2.45, 2.75) is 0 Å². The van der Waals surface area contributed by atoms with Gasteiger partial charge >= 0.3 is 0 Å². The Hall–Kier alpha value is -2.63. The number of rotatable bonds is 4. The van der Waals surface area contributed by atoms with Gasteiger partial charge < -0.3 is 15.4 Å². The van der Waals surface area contributed by atoms with Gasteiger partial charge in [0.25, 0.3) is 5.91 Å². The van der Waals surface area contributed by atoms with Crippen LogP contribution in [0.1, 0.15) is 10.4 Å². The van der Waals surface area contributed by atoms with E-state index in [1.165, 1.54) is 31.4 Å². The normalized spacial score (nSPS) is 10.1. The average Bonchev–Trinajstić information content (AvgIpc) is 2.48. The summed E-state index contributed by atoms with van der Waals surface area (Å²) in [6, 6.07) is 7.57. The third-order valence-corrected chi connectivity index (χ3v) is 2.91. The van der Waals surface area contributed by atoms with Gasteiger partial charge in [0.05, 0.1) is 18.4 Å². The molecule has 0 aliphatic carbocycles. The summed E-state index contributed by atoms with van der Waals surface area (Å²) in [7, 11) is 2.99. The molecular weight excluding hydrogens is 278 g/mol. The molecule has 0 atom stereocenters. The van der Waals surface area contributed by atoms with Crippen LogP contribution in [0.3, 0.4) is 0 Å². The monoisotopic (exact) mass is 292 g/mol. The Kier molecular flexibility index (Phi) is 4.37. The van der Waals surface area contributed by atoms with Gasteiger partial charge in [-0.15, -0.1) is 0 Å². The smallest absolute Gasteiger partial charge is 0.257 e. The fourth-order valence-electron chi connectivity index (χ4n) is 1.88. The van der Waals surface area contributed by atoms with Gasteiger partial charge in [-0.25, -0.2) is 8.78 Å². The second-order valence-electron chi connectivity index (χ2n) is 4.24. The maximum atomic E-state index is 13.3. The Morgan fingerprint density at radius 3 is 2.29 bits per heavy atom. The summed E-state index contributed by atoms with van der Waals surface area (Å²) in [5.74, 6) is -1.34. The molecule has 0 saturated carbocycles. The number of amides is 1. The van der Waals surface area contributed by atoms with E-state index >= 15 is 0 Å². The van der Waals surface area contributed by atoms with Gasteiger partial charge in [0.1, 0.15) is 17.4 Å². The molecule has 0 aromatic heterocycles. The van der Waals surface area contributed by atoms with Crippen molar-refractivity contribution < 1.29 is 18.3 Å². The molecule has 1 amide bonds. The van der Waals surface area contributed by atoms with Crippen LogP contribution in [0, 0.1) is 11.6 Å². The first kappa shape index (κ1) is 14.8. The van der Waals surface area contributed by atoms with E-state index in [2.05, 4.69) is 10.6 Å². The Balaban J connectivity index is 2.32. The third-order valence-electron chi connectivity index (χ3n) is 2.91. The van der Waals surface area contributed by atoms with Crippen LogP contribution in [0.5, 0.6) is 5.75 Å². The van der Waals surface area contributed by atoms with Crippen LogP contribution in [0.25, 0.3) is 0 Å². The van der Waals surface area contributed by atoms with Crippen LogP contribution in [-0.4, -0.2) is 20.1 Å². The molecule has 2 aromatic rings. The van der Waals surface area contributed by atoms with Crippen molar-refractivity contribution in [3.05, 3.63) is 53.6 Å². The second-order valence-corrected chi connectivity index (χ2v) is 4.24. The van der Waals surface area contributed by atoms with Crippen molar-refractivity contribution in [2.75, 3.05) is 24.8 Å². The predicted octanol–water partition coefficient (Wildman–Crippen LogP) is 3.27. The first-order chi connectivity index (χ1) is 10.0. The zero-order chi connectivity index (χ0) is 15.4. The maximum Gasteiger partial charge on any atom is 0.257 e. The molecule has 0 radical (unpaired) electrons. The highest BCUT2D eigenvalue weighted by Gasteiger charge is 2.14. The van der Waals surface area contributed by atoms with Crippen LogP contribution in [0.15, 0.2) is 36.4 Å². The molecule has 4 nitrogen and oxygen atoms in total. The summed E-state index contributed by atoms with van der Waals surface area (Å²) in [5, 5.41) is 5.38. The number of halogens is 2. The lowest BCUT2D eigenvalue weighted by Crippen LogP contribution is -2.15. The first-order valence-corrected chi connectivity index (χ1v) is 6.17. The zero-order valence-corrected chi connectivity index (χ0v) is 11.5. The quantitative estimate of drug-likeness (QED) is 0.909. The van der Waals surface area contributed by atoms with E-state index in [0.29, 0.717) is 11.4 Å². The second kappa shape index (κ2) is 6.21. The topological polar surface area (TPSA) is 50.4 Å². The van der Waals surface area contributed by atoms with E-state index in [1.54, 1.807) is 7.05 Å². The van der Waals surface area contributed by atoms with Crippen LogP contribution in [0.4, 0.5) is 20.2 Å². The number of methoxy groups -OCH3 is 1. The molecule has 0 spiro atoms. The molecule has 2 rings (SSSR count). The molecule has 0 aliphatic rings. The highest BCUT2D eigenvalue weighted by Crippen LogP contribution is 2.26. The van der Waals surface area contributed by atoms with Crippen LogP contribution in [0.2, 0.25) is 0 Å². The maximum absolute atomic E-state index is 13.3. The van der Waals surface area contributed by atoms with Crippen LogP contribution in [-0.2, 0) is 0 Å². The van der Waals surface area contributed by atoms with E-state index in [1.807, 2.05) is 0 Å². The SMILES string of the molecule is CNc1ccc(F)cc1C(=O)Nc1ccc(F)cc1OC. The third kappa shape index (κ3) is 3.28. The van der Waals surface area contributed by atoms with Gasteiger partial charge in [-0.3, -0.25) is 4.79 Å². The fourth-order valence-corrected chi connectivity index (χ4v) is 1.88. The lowest BCUT2D eigenvalue weighted by Gasteiger charge is -2.12. The molecule has 0 aliphatic heterocycles. The predicted molar refractivity (Wildman–Crippen MR) is 76.9 cm³/mol. The fraction of sp³-hybridized carbons (Fsp3) is 0.133. The summed E-state index contributed by atoms with van der Waals surface area (Å²) in [5.41, 5.74) is 0.925. The van der Waals surface area contributed by atoms with Crippen molar-refractivity contribution in [1.82, 2.24) is 0 Å². The summed E-state index contributed by atoms with van der Waals surface area (Å²) in [6.07, 6.45) is 0. The highest BCUT2D eigenvalue weighted by molar-refractivity contribution is 6.08. The molecule has 0 heterocycles. The molecule has 2 N–H and O–H groups in total. The van der Waals surface area contributed by atoms with E-state index in [0.717, 1.165) is 12.1 Å². The largest absolute Gasteiger partial charge is 0.494 e. The molecule has 0 saturated heterocycles. The van der Waals surface area contributed by atoms with E-state index < -0.39 is 17.5 Å². The molecule has 21 heavy (non-hydrogen) atoms. The molecule has 2 aromatic carbocycles. The summed E-state index contributed by atoms with van der Waals surface area (Å²) in [6.45, 7) is 0. The molecule has 6 heteroatoms. The lowest BCUT2D eigenvalue weighted by atomic mass is 10.1. The minimum Gasteiger partial charge on any atom is -0.494 e. The number of carbonyl (C=O) groups is 1. The van der Waals surface area contributed by atoms with Crippen LogP contribution >= 0.6 is 0 Å². The van der Waals surface area contributed by atoms with Crippen molar-refractivity contribution >= 4 is 17.3 Å². The van der Waals surface area contributed by atoms with Gasteiger partial charge in [0, 0.05) is 18.8 Å². The van der Waals surface area contributed by atoms with E-state index in [4.69, 9.17) is 4.74 Å². The van der Waals surface area contributed by atoms with E-state index in [9.17, 15) is 13.6 Å². The molecule has 0 unspecified atom stereocenters. The van der Waals surface area contributed by atoms with Crippen molar-refractivity contribution in [3.8, 4) is 5.75 Å². The number of anilines is 2. The Labute approximate surface area is 120 Å². The van der Waals surface area contributed by atoms with Gasteiger partial charge in [-0.2, -0.15) is 0 Å². The van der Waals surface area contributed by atoms with Crippen molar-refractivity contribution in [2.24, 2.45) is 0 Å². The van der Waals surface area contributed by atoms with Crippen LogP contribution < -0.4 is 15.4 Å². The first-order valence-electron chi connectivity index (χ1n) is 6.17. The van der Waals surface area contributed by atoms with E-state index in [-0.39, 0.29) is 11.3 Å². The standard InChI is InChI=1S/C15H14F2N2O2/c1-18-12-5-3-9(16)7-11(12)15(20)19-13-6-4-10(17)8-14(13)21-2/h3-8,18H,1-2H3,(H,19,20). The number of ether oxygens (including phenoxy) is 1. The Morgan fingerprint density at radius 2 is 1.67 bits per heavy atom. The number of nitrogens with one attached hydrogen (secondary N) is 2. The average molecular weight is 292 g/mol. The highest BCUT2D eigenvalue weighted by atomic mass is 19.1. The zero-order valence-electron chi connectivity index (χ0n) is 11.5. The number of benzene rings is 2. The summed E-state index contributed by atoms with van der Waals surface area (Å²) < 4.78 is 31.4. The van der Waals surface area contributed by atoms with Crippen molar-refractivity contribution in [1.29, 1.82) is 0 Å². The van der Waals surface area contributed by atoms with Gasteiger partial charge in [-0.05, 0) is 30.3 Å². The Morgan fingerprint density at radius 1 is 1.05 bits per heavy atom. The minimum atomic E-state index is -0.524.